The van der Waals surface area contributed by atoms with Crippen LogP contribution in [-0.4, -0.2) is 5.11 Å². The number of unbranched alkanes of at least 4 members (excludes halogenated alkanes) is 3. The van der Waals surface area contributed by atoms with Crippen LogP contribution in [0.25, 0.3) is 0 Å². The number of rotatable bonds is 5. The summed E-state index contributed by atoms with van der Waals surface area (Å²) in [7, 11) is 0. The van der Waals surface area contributed by atoms with Crippen molar-refractivity contribution in [3.63, 3.8) is 0 Å². The zero-order valence-electron chi connectivity index (χ0n) is 5.86. The van der Waals surface area contributed by atoms with Crippen LogP contribution in [0.15, 0.2) is 0 Å². The highest BCUT2D eigenvalue weighted by atomic mass is 79.9. The normalized spacial score (nSPS) is 10.7. The zero-order chi connectivity index (χ0) is 7.11. The molecule has 0 aliphatic heterocycles. The molecule has 0 unspecified atom stereocenters. The molecule has 1 nitrogen and oxygen atoms in total. The van der Waals surface area contributed by atoms with Crippen molar-refractivity contribution in [1.82, 2.24) is 0 Å². The lowest BCUT2D eigenvalue weighted by Gasteiger charge is -1.98. The van der Waals surface area contributed by atoms with Crippen LogP contribution in [0.3, 0.4) is 0 Å². The summed E-state index contributed by atoms with van der Waals surface area (Å²) in [6.45, 7) is 2.18. The van der Waals surface area contributed by atoms with Crippen LogP contribution in [-0.2, 0) is 0 Å². The van der Waals surface area contributed by atoms with E-state index in [4.69, 9.17) is 5.11 Å². The highest BCUT2D eigenvalue weighted by molar-refractivity contribution is 9.11. The van der Waals surface area contributed by atoms with E-state index in [0.717, 1.165) is 12.8 Å². The molecule has 0 aliphatic rings. The summed E-state index contributed by atoms with van der Waals surface area (Å²) in [5, 5.41) is 9.07. The second kappa shape index (κ2) is 6.56. The highest BCUT2D eigenvalue weighted by Crippen LogP contribution is 2.14. The molecule has 0 aromatic heterocycles. The molecule has 0 aromatic rings. The smallest absolute Gasteiger partial charge is 0.157 e. The van der Waals surface area contributed by atoms with E-state index in [0.29, 0.717) is 5.01 Å². The zero-order valence-corrected chi connectivity index (χ0v) is 7.45. The molecule has 0 heterocycles. The van der Waals surface area contributed by atoms with Crippen molar-refractivity contribution >= 4 is 15.9 Å². The minimum absolute atomic E-state index is 0.388. The third-order valence-corrected chi connectivity index (χ3v) is 1.63. The van der Waals surface area contributed by atoms with Gasteiger partial charge in [-0.05, 0) is 12.8 Å². The first-order valence-corrected chi connectivity index (χ1v) is 4.27. The number of aliphatic hydroxyl groups excluding tert-OH is 1. The summed E-state index contributed by atoms with van der Waals surface area (Å²) in [4.78, 5) is 0. The summed E-state index contributed by atoms with van der Waals surface area (Å²) in [6.07, 6.45) is 5.67. The summed E-state index contributed by atoms with van der Waals surface area (Å²) < 4.78 is 0. The van der Waals surface area contributed by atoms with Gasteiger partial charge in [0, 0.05) is 0 Å². The maximum atomic E-state index is 8.69. The molecule has 0 saturated heterocycles. The summed E-state index contributed by atoms with van der Waals surface area (Å²) in [5.41, 5.74) is 0. The molecule has 0 amide bonds. The molecule has 0 aromatic carbocycles. The number of hydrogen-bond acceptors (Lipinski definition) is 1. The molecule has 0 fully saturated rings. The summed E-state index contributed by atoms with van der Waals surface area (Å²) >= 11 is 3.00. The van der Waals surface area contributed by atoms with Gasteiger partial charge in [-0.1, -0.05) is 42.1 Å². The SMILES string of the molecule is CCCCCC[C](O)Br. The van der Waals surface area contributed by atoms with E-state index < -0.39 is 0 Å². The van der Waals surface area contributed by atoms with Gasteiger partial charge < -0.3 is 5.11 Å². The summed E-state index contributed by atoms with van der Waals surface area (Å²) in [6, 6.07) is 0. The lowest BCUT2D eigenvalue weighted by atomic mass is 10.2. The fraction of sp³-hybridized carbons (Fsp3) is 0.857. The second-order valence-corrected chi connectivity index (χ2v) is 3.10. The molecule has 55 valence electrons. The number of aliphatic hydroxyl groups is 1. The fourth-order valence-electron chi connectivity index (χ4n) is 0.698. The Kier molecular flexibility index (Phi) is 6.88. The molecule has 0 saturated carbocycles. The highest BCUT2D eigenvalue weighted by Gasteiger charge is 1.96. The van der Waals surface area contributed by atoms with Gasteiger partial charge in [0.05, 0.1) is 0 Å². The third-order valence-electron chi connectivity index (χ3n) is 1.24. The van der Waals surface area contributed by atoms with Crippen LogP contribution in [0.2, 0.25) is 0 Å². The van der Waals surface area contributed by atoms with Gasteiger partial charge in [-0.3, -0.25) is 0 Å². The Bertz CT molecular complexity index is 54.9. The molecule has 2 heteroatoms. The number of hydrogen-bond donors (Lipinski definition) is 1. The van der Waals surface area contributed by atoms with E-state index >= 15 is 0 Å². The van der Waals surface area contributed by atoms with Crippen LogP contribution in [0, 0.1) is 5.01 Å². The first kappa shape index (κ1) is 9.44. The Morgan fingerprint density at radius 1 is 1.33 bits per heavy atom. The van der Waals surface area contributed by atoms with Crippen LogP contribution in [0.4, 0.5) is 0 Å². The Labute approximate surface area is 65.6 Å². The van der Waals surface area contributed by atoms with Crippen molar-refractivity contribution in [1.29, 1.82) is 0 Å². The van der Waals surface area contributed by atoms with E-state index in [1.54, 1.807) is 0 Å². The van der Waals surface area contributed by atoms with Gasteiger partial charge in [-0.15, -0.1) is 0 Å². The van der Waals surface area contributed by atoms with Gasteiger partial charge in [0.2, 0.25) is 0 Å². The van der Waals surface area contributed by atoms with Crippen LogP contribution in [0.5, 0.6) is 0 Å². The van der Waals surface area contributed by atoms with Crippen molar-refractivity contribution in [2.45, 2.75) is 39.0 Å². The lowest BCUT2D eigenvalue weighted by Crippen LogP contribution is -1.83. The predicted molar refractivity (Wildman–Crippen MR) is 42.9 cm³/mol. The standard InChI is InChI=1S/C7H14BrO/c1-2-3-4-5-6-7(8)9/h9H,2-6H2,1H3. The molecule has 1 radical (unpaired) electrons. The quantitative estimate of drug-likeness (QED) is 0.666. The molecule has 0 atom stereocenters. The predicted octanol–water partition coefficient (Wildman–Crippen LogP) is 3.21. The average Bonchev–Trinajstić information content (AvgIpc) is 1.80. The van der Waals surface area contributed by atoms with Crippen LogP contribution in [0.1, 0.15) is 39.0 Å². The fourth-order valence-corrected chi connectivity index (χ4v) is 0.978. The molecule has 0 rings (SSSR count). The topological polar surface area (TPSA) is 20.2 Å². The van der Waals surface area contributed by atoms with Crippen LogP contribution < -0.4 is 0 Å². The first-order chi connectivity index (χ1) is 4.27. The molecule has 0 aliphatic carbocycles. The molecular weight excluding hydrogens is 180 g/mol. The van der Waals surface area contributed by atoms with Crippen molar-refractivity contribution in [2.75, 3.05) is 0 Å². The van der Waals surface area contributed by atoms with Crippen molar-refractivity contribution in [2.24, 2.45) is 0 Å². The van der Waals surface area contributed by atoms with Crippen molar-refractivity contribution in [3.8, 4) is 0 Å². The Balaban J connectivity index is 2.75. The molecule has 1 N–H and O–H groups in total. The average molecular weight is 194 g/mol. The molecular formula is C7H14BrO. The molecule has 0 bridgehead atoms. The monoisotopic (exact) mass is 193 g/mol. The van der Waals surface area contributed by atoms with E-state index in [-0.39, 0.29) is 0 Å². The van der Waals surface area contributed by atoms with Gasteiger partial charge in [0.25, 0.3) is 0 Å². The largest absolute Gasteiger partial charge is 0.375 e. The van der Waals surface area contributed by atoms with E-state index in [9.17, 15) is 0 Å². The van der Waals surface area contributed by atoms with Crippen LogP contribution >= 0.6 is 15.9 Å². The number of halogens is 1. The van der Waals surface area contributed by atoms with E-state index in [1.807, 2.05) is 0 Å². The Morgan fingerprint density at radius 2 is 2.00 bits per heavy atom. The Hall–Kier alpha value is 0.440. The van der Waals surface area contributed by atoms with Crippen molar-refractivity contribution in [3.05, 3.63) is 5.01 Å². The minimum Gasteiger partial charge on any atom is -0.375 e. The second-order valence-electron chi connectivity index (χ2n) is 2.19. The lowest BCUT2D eigenvalue weighted by molar-refractivity contribution is 0.349. The van der Waals surface area contributed by atoms with Gasteiger partial charge in [-0.2, -0.15) is 0 Å². The third kappa shape index (κ3) is 8.44. The minimum atomic E-state index is 0.388. The summed E-state index contributed by atoms with van der Waals surface area (Å²) in [5.74, 6) is 0. The Morgan fingerprint density at radius 3 is 2.44 bits per heavy atom. The van der Waals surface area contributed by atoms with Gasteiger partial charge in [-0.25, -0.2) is 0 Å². The van der Waals surface area contributed by atoms with E-state index in [1.165, 1.54) is 19.3 Å². The first-order valence-electron chi connectivity index (χ1n) is 3.47. The molecule has 0 spiro atoms. The van der Waals surface area contributed by atoms with Gasteiger partial charge >= 0.3 is 0 Å². The van der Waals surface area contributed by atoms with Gasteiger partial charge in [0.15, 0.2) is 5.01 Å². The van der Waals surface area contributed by atoms with E-state index in [2.05, 4.69) is 22.9 Å². The van der Waals surface area contributed by atoms with Gasteiger partial charge in [0.1, 0.15) is 0 Å². The van der Waals surface area contributed by atoms with Crippen molar-refractivity contribution < 1.29 is 5.11 Å². The maximum absolute atomic E-state index is 8.69. The molecule has 9 heavy (non-hydrogen) atoms. The maximum Gasteiger partial charge on any atom is 0.157 e.